The molecule has 29 heavy (non-hydrogen) atoms. The second-order valence-electron chi connectivity index (χ2n) is 7.25. The summed E-state index contributed by atoms with van der Waals surface area (Å²) in [6, 6.07) is 3.03. The summed E-state index contributed by atoms with van der Waals surface area (Å²) in [5.41, 5.74) is 1.97. The summed E-state index contributed by atoms with van der Waals surface area (Å²) in [5, 5.41) is 0.170. The molecule has 0 saturated carbocycles. The van der Waals surface area contributed by atoms with Crippen molar-refractivity contribution in [2.75, 3.05) is 13.6 Å². The van der Waals surface area contributed by atoms with Gasteiger partial charge in [0.05, 0.1) is 6.54 Å². The third-order valence-electron chi connectivity index (χ3n) is 5.69. The molecular weight excluding hydrogens is 397 g/mol. The van der Waals surface area contributed by atoms with E-state index in [9.17, 15) is 14.0 Å². The van der Waals surface area contributed by atoms with E-state index >= 15 is 0 Å². The van der Waals surface area contributed by atoms with Crippen LogP contribution in [0.15, 0.2) is 47.2 Å². The number of hydrogen-bond acceptors (Lipinski definition) is 5. The number of guanidine groups is 1. The molecule has 0 aromatic heterocycles. The Kier molecular flexibility index (Phi) is 4.61. The number of halogens is 2. The van der Waals surface area contributed by atoms with Crippen LogP contribution in [0.4, 0.5) is 9.18 Å². The van der Waals surface area contributed by atoms with Crippen LogP contribution in [0.1, 0.15) is 19.4 Å². The molecule has 0 spiro atoms. The molecule has 0 N–H and O–H groups in total. The van der Waals surface area contributed by atoms with Crippen molar-refractivity contribution in [1.29, 1.82) is 0 Å². The third-order valence-corrected chi connectivity index (χ3v) is 6.05. The number of hydrogen-bond donors (Lipinski definition) is 0. The van der Waals surface area contributed by atoms with Crippen LogP contribution in [0, 0.1) is 5.82 Å². The Balaban J connectivity index is 1.71. The van der Waals surface area contributed by atoms with Gasteiger partial charge < -0.3 is 9.80 Å². The molecule has 3 aliphatic rings. The average molecular weight is 418 g/mol. The number of amides is 3. The number of imide groups is 1. The van der Waals surface area contributed by atoms with Gasteiger partial charge in [-0.25, -0.2) is 14.2 Å². The van der Waals surface area contributed by atoms with Crippen molar-refractivity contribution in [3.63, 3.8) is 0 Å². The zero-order chi connectivity index (χ0) is 21.0. The standard InChI is InChI=1S/C20H21ClFN5O2/c1-5-9-25-11(2)12(3)27-16-17(23-19(25)27)24(4)20(29)26(18(16)28)10-13-14(21)7-6-8-15(13)22/h5-8,16-17H,1,9-10H2,2-4H3. The lowest BCUT2D eigenvalue weighted by atomic mass is 10.1. The lowest BCUT2D eigenvalue weighted by Crippen LogP contribution is -2.64. The Labute approximate surface area is 173 Å². The normalized spacial score (nSPS) is 23.7. The fraction of sp³-hybridized carbons (Fsp3) is 0.350. The van der Waals surface area contributed by atoms with Gasteiger partial charge in [0, 0.05) is 35.6 Å². The zero-order valence-electron chi connectivity index (χ0n) is 16.4. The van der Waals surface area contributed by atoms with Crippen molar-refractivity contribution in [2.45, 2.75) is 32.6 Å². The SMILES string of the molecule is C=CCN1C2=NC3C(C(=O)N(Cc4c(F)cccc4Cl)C(=O)N3C)N2C(C)=C1C. The number of urea groups is 1. The summed E-state index contributed by atoms with van der Waals surface area (Å²) in [6.45, 7) is 7.95. The molecule has 4 rings (SSSR count). The van der Waals surface area contributed by atoms with E-state index in [4.69, 9.17) is 11.6 Å². The Morgan fingerprint density at radius 2 is 1.97 bits per heavy atom. The molecule has 3 aliphatic heterocycles. The lowest BCUT2D eigenvalue weighted by molar-refractivity contribution is -0.137. The zero-order valence-corrected chi connectivity index (χ0v) is 17.1. The van der Waals surface area contributed by atoms with E-state index in [0.717, 1.165) is 16.3 Å². The molecule has 1 aromatic rings. The highest BCUT2D eigenvalue weighted by molar-refractivity contribution is 6.31. The summed E-state index contributed by atoms with van der Waals surface area (Å²) in [5.74, 6) is -0.367. The van der Waals surface area contributed by atoms with Crippen LogP contribution >= 0.6 is 11.6 Å². The molecule has 0 bridgehead atoms. The third kappa shape index (κ3) is 2.73. The molecule has 3 heterocycles. The molecule has 0 radical (unpaired) electrons. The smallest absolute Gasteiger partial charge is 0.311 e. The van der Waals surface area contributed by atoms with Gasteiger partial charge >= 0.3 is 6.03 Å². The molecule has 152 valence electrons. The van der Waals surface area contributed by atoms with Crippen molar-refractivity contribution >= 4 is 29.5 Å². The minimum absolute atomic E-state index is 0.111. The van der Waals surface area contributed by atoms with Gasteiger partial charge in [-0.05, 0) is 26.0 Å². The maximum Gasteiger partial charge on any atom is 0.328 e. The minimum atomic E-state index is -0.706. The van der Waals surface area contributed by atoms with Crippen LogP contribution in [0.25, 0.3) is 0 Å². The average Bonchev–Trinajstić information content (AvgIpc) is 3.18. The second-order valence-corrected chi connectivity index (χ2v) is 7.65. The molecule has 1 aromatic carbocycles. The lowest BCUT2D eigenvalue weighted by Gasteiger charge is -2.40. The quantitative estimate of drug-likeness (QED) is 0.707. The second kappa shape index (κ2) is 6.88. The highest BCUT2D eigenvalue weighted by atomic mass is 35.5. The Hall–Kier alpha value is -2.87. The van der Waals surface area contributed by atoms with Gasteiger partial charge in [0.2, 0.25) is 5.96 Å². The number of benzene rings is 1. The first-order chi connectivity index (χ1) is 13.8. The molecule has 2 atom stereocenters. The van der Waals surface area contributed by atoms with Gasteiger partial charge in [-0.1, -0.05) is 23.7 Å². The first-order valence-electron chi connectivity index (χ1n) is 9.22. The number of carbonyl (C=O) groups is 2. The number of likely N-dealkylation sites (N-methyl/N-ethyl adjacent to an activating group) is 1. The van der Waals surface area contributed by atoms with E-state index in [0.29, 0.717) is 12.5 Å². The van der Waals surface area contributed by atoms with Crippen molar-refractivity contribution in [3.8, 4) is 0 Å². The van der Waals surface area contributed by atoms with Gasteiger partial charge in [-0.3, -0.25) is 14.6 Å². The maximum absolute atomic E-state index is 14.3. The van der Waals surface area contributed by atoms with Crippen molar-refractivity contribution < 1.29 is 14.0 Å². The predicted molar refractivity (Wildman–Crippen MR) is 107 cm³/mol. The number of aliphatic imine (C=N–C) groups is 1. The number of rotatable bonds is 4. The van der Waals surface area contributed by atoms with Gasteiger partial charge in [0.1, 0.15) is 5.82 Å². The molecule has 9 heteroatoms. The van der Waals surface area contributed by atoms with E-state index in [2.05, 4.69) is 11.6 Å². The number of allylic oxidation sites excluding steroid dienone is 2. The maximum atomic E-state index is 14.3. The minimum Gasteiger partial charge on any atom is -0.311 e. The van der Waals surface area contributed by atoms with Gasteiger partial charge in [-0.2, -0.15) is 0 Å². The van der Waals surface area contributed by atoms with E-state index in [-0.39, 0.29) is 17.1 Å². The highest BCUT2D eigenvalue weighted by Gasteiger charge is 2.55. The van der Waals surface area contributed by atoms with Crippen LogP contribution in [0.3, 0.4) is 0 Å². The molecule has 7 nitrogen and oxygen atoms in total. The molecule has 2 unspecified atom stereocenters. The first-order valence-corrected chi connectivity index (χ1v) is 9.59. The summed E-state index contributed by atoms with van der Waals surface area (Å²) in [7, 11) is 1.60. The summed E-state index contributed by atoms with van der Waals surface area (Å²) in [6.07, 6.45) is 1.11. The van der Waals surface area contributed by atoms with Crippen molar-refractivity contribution in [3.05, 3.63) is 58.7 Å². The Bertz CT molecular complexity index is 971. The van der Waals surface area contributed by atoms with Gasteiger partial charge in [0.15, 0.2) is 12.2 Å². The summed E-state index contributed by atoms with van der Waals surface area (Å²) >= 11 is 6.12. The van der Waals surface area contributed by atoms with E-state index in [1.165, 1.54) is 23.1 Å². The topological polar surface area (TPSA) is 59.5 Å². The van der Waals surface area contributed by atoms with Gasteiger partial charge in [0.25, 0.3) is 5.91 Å². The summed E-state index contributed by atoms with van der Waals surface area (Å²) < 4.78 is 14.3. The van der Waals surface area contributed by atoms with Crippen LogP contribution in [0.5, 0.6) is 0 Å². The van der Waals surface area contributed by atoms with Crippen LogP contribution in [-0.4, -0.2) is 63.3 Å². The van der Waals surface area contributed by atoms with Crippen LogP contribution < -0.4 is 0 Å². The Morgan fingerprint density at radius 3 is 2.62 bits per heavy atom. The number of fused-ring (bicyclic) bond motifs is 3. The highest BCUT2D eigenvalue weighted by Crippen LogP contribution is 2.38. The van der Waals surface area contributed by atoms with Crippen molar-refractivity contribution in [2.24, 2.45) is 4.99 Å². The monoisotopic (exact) mass is 417 g/mol. The molecule has 0 aliphatic carbocycles. The van der Waals surface area contributed by atoms with E-state index in [1.807, 2.05) is 23.6 Å². The Morgan fingerprint density at radius 1 is 1.24 bits per heavy atom. The van der Waals surface area contributed by atoms with Gasteiger partial charge in [-0.15, -0.1) is 6.58 Å². The molecule has 3 amide bonds. The molecule has 1 fully saturated rings. The number of nitrogens with zero attached hydrogens (tertiary/aromatic N) is 5. The van der Waals surface area contributed by atoms with E-state index in [1.54, 1.807) is 13.1 Å². The van der Waals surface area contributed by atoms with Crippen molar-refractivity contribution in [1.82, 2.24) is 19.6 Å². The fourth-order valence-electron chi connectivity index (χ4n) is 4.02. The summed E-state index contributed by atoms with van der Waals surface area (Å²) in [4.78, 5) is 37.2. The molecular formula is C20H21ClFN5O2. The first kappa shape index (κ1) is 19.4. The fourth-order valence-corrected chi connectivity index (χ4v) is 4.24. The van der Waals surface area contributed by atoms with Crippen LogP contribution in [0.2, 0.25) is 5.02 Å². The van der Waals surface area contributed by atoms with Crippen LogP contribution in [-0.2, 0) is 11.3 Å². The van der Waals surface area contributed by atoms with E-state index < -0.39 is 30.0 Å². The number of carbonyl (C=O) groups excluding carboxylic acids is 2. The predicted octanol–water partition coefficient (Wildman–Crippen LogP) is 2.99. The largest absolute Gasteiger partial charge is 0.328 e. The molecule has 1 saturated heterocycles.